The summed E-state index contributed by atoms with van der Waals surface area (Å²) in [4.78, 5) is 24.0. The van der Waals surface area contributed by atoms with Gasteiger partial charge >= 0.3 is 6.09 Å². The lowest BCUT2D eigenvalue weighted by Gasteiger charge is -2.40. The van der Waals surface area contributed by atoms with E-state index < -0.39 is 16.6 Å². The first kappa shape index (κ1) is 23.0. The molecule has 0 heterocycles. The van der Waals surface area contributed by atoms with Crippen LogP contribution in [0.15, 0.2) is 84.9 Å². The highest BCUT2D eigenvalue weighted by Crippen LogP contribution is 2.46. The molecule has 3 aromatic carbocycles. The van der Waals surface area contributed by atoms with Crippen LogP contribution in [0, 0.1) is 10.1 Å². The van der Waals surface area contributed by atoms with Gasteiger partial charge in [-0.3, -0.25) is 15.4 Å². The Bertz CT molecular complexity index is 1040. The van der Waals surface area contributed by atoms with E-state index in [2.05, 4.69) is 19.2 Å². The lowest BCUT2D eigenvalue weighted by atomic mass is 9.73. The zero-order chi connectivity index (χ0) is 23.0. The number of rotatable bonds is 9. The van der Waals surface area contributed by atoms with Crippen LogP contribution in [-0.4, -0.2) is 11.0 Å². The molecule has 0 aliphatic rings. The minimum absolute atomic E-state index is 0.0949. The van der Waals surface area contributed by atoms with Crippen molar-refractivity contribution in [3.8, 4) is 0 Å². The second kappa shape index (κ2) is 10.6. The summed E-state index contributed by atoms with van der Waals surface area (Å²) in [6.07, 6.45) is 1.43. The first-order valence-electron chi connectivity index (χ1n) is 10.9. The van der Waals surface area contributed by atoms with E-state index in [1.54, 1.807) is 12.1 Å². The summed E-state index contributed by atoms with van der Waals surface area (Å²) in [6.45, 7) is 4.13. The summed E-state index contributed by atoms with van der Waals surface area (Å²) in [6, 6.07) is 25.8. The molecule has 2 atom stereocenters. The van der Waals surface area contributed by atoms with Crippen LogP contribution in [0.25, 0.3) is 0 Å². The molecule has 1 amide bonds. The van der Waals surface area contributed by atoms with Gasteiger partial charge < -0.3 is 4.74 Å². The highest BCUT2D eigenvalue weighted by atomic mass is 16.6. The van der Waals surface area contributed by atoms with Crippen molar-refractivity contribution in [3.05, 3.63) is 106 Å². The molecule has 0 aliphatic heterocycles. The fraction of sp³-hybridized carbons (Fsp3) is 0.269. The summed E-state index contributed by atoms with van der Waals surface area (Å²) in [5, 5.41) is 14.0. The highest BCUT2D eigenvalue weighted by Gasteiger charge is 2.43. The number of anilines is 1. The molecule has 166 valence electrons. The Kier molecular flexibility index (Phi) is 7.60. The Morgan fingerprint density at radius 1 is 0.969 bits per heavy atom. The number of nitrogens with zero attached hydrogens (tertiary/aromatic N) is 1. The fourth-order valence-corrected chi connectivity index (χ4v) is 4.35. The topological polar surface area (TPSA) is 81.5 Å². The molecular formula is C26H28N2O4. The quantitative estimate of drug-likeness (QED) is 0.291. The Balaban J connectivity index is 2.04. The maximum Gasteiger partial charge on any atom is 0.412 e. The second-order valence-corrected chi connectivity index (χ2v) is 7.67. The number of nitro benzene ring substituents is 1. The van der Waals surface area contributed by atoms with Crippen LogP contribution in [0.4, 0.5) is 16.2 Å². The molecule has 0 radical (unpaired) electrons. The predicted molar refractivity (Wildman–Crippen MR) is 126 cm³/mol. The van der Waals surface area contributed by atoms with Gasteiger partial charge in [0.25, 0.3) is 5.69 Å². The number of nitrogens with one attached hydrogen (secondary N) is 1. The minimum atomic E-state index is -0.931. The van der Waals surface area contributed by atoms with E-state index in [-0.39, 0.29) is 17.3 Å². The molecule has 6 heteroatoms. The Labute approximate surface area is 188 Å². The third kappa shape index (κ3) is 4.97. The third-order valence-corrected chi connectivity index (χ3v) is 5.67. The molecule has 6 nitrogen and oxygen atoms in total. The van der Waals surface area contributed by atoms with Gasteiger partial charge in [0.2, 0.25) is 0 Å². The number of amides is 1. The Morgan fingerprint density at radius 3 is 2.16 bits per heavy atom. The standard InChI is InChI=1S/C26H28N2O4/c1-3-19-26(21-15-9-6-10-16-21,22(4-2)20-13-7-5-8-14-20)32-25(29)27-23-17-11-12-18-24(23)28(30)31/h5-18,22H,3-4,19H2,1-2H3,(H,27,29)/t22-,26-/m0/s1. The number of benzene rings is 3. The summed E-state index contributed by atoms with van der Waals surface area (Å²) < 4.78 is 6.24. The van der Waals surface area contributed by atoms with Crippen molar-refractivity contribution in [2.45, 2.75) is 44.6 Å². The van der Waals surface area contributed by atoms with Crippen molar-refractivity contribution in [2.75, 3.05) is 5.32 Å². The average molecular weight is 433 g/mol. The van der Waals surface area contributed by atoms with Crippen LogP contribution >= 0.6 is 0 Å². The molecular weight excluding hydrogens is 404 g/mol. The number of carbonyl (C=O) groups excluding carboxylic acids is 1. The molecule has 1 N–H and O–H groups in total. The van der Waals surface area contributed by atoms with Gasteiger partial charge in [-0.2, -0.15) is 0 Å². The van der Waals surface area contributed by atoms with Crippen molar-refractivity contribution in [2.24, 2.45) is 0 Å². The van der Waals surface area contributed by atoms with E-state index in [4.69, 9.17) is 4.74 Å². The van der Waals surface area contributed by atoms with Gasteiger partial charge in [-0.1, -0.05) is 93.1 Å². The van der Waals surface area contributed by atoms with E-state index in [0.717, 1.165) is 24.0 Å². The van der Waals surface area contributed by atoms with Gasteiger partial charge in [-0.15, -0.1) is 0 Å². The lowest BCUT2D eigenvalue weighted by Crippen LogP contribution is -2.40. The second-order valence-electron chi connectivity index (χ2n) is 7.67. The van der Waals surface area contributed by atoms with Crippen LogP contribution in [-0.2, 0) is 10.3 Å². The fourth-order valence-electron chi connectivity index (χ4n) is 4.35. The largest absolute Gasteiger partial charge is 0.437 e. The van der Waals surface area contributed by atoms with Crippen LogP contribution in [0.3, 0.4) is 0 Å². The zero-order valence-electron chi connectivity index (χ0n) is 18.4. The molecule has 0 fully saturated rings. The molecule has 0 aromatic heterocycles. The van der Waals surface area contributed by atoms with Crippen LogP contribution in [0.1, 0.15) is 50.2 Å². The minimum Gasteiger partial charge on any atom is -0.437 e. The normalized spacial score (nSPS) is 13.6. The number of carbonyl (C=O) groups is 1. The molecule has 3 aromatic rings. The van der Waals surface area contributed by atoms with E-state index in [9.17, 15) is 14.9 Å². The third-order valence-electron chi connectivity index (χ3n) is 5.67. The molecule has 0 bridgehead atoms. The SMILES string of the molecule is CCC[C@](OC(=O)Nc1ccccc1[N+](=O)[O-])(c1ccccc1)[C@@H](CC)c1ccccc1. The maximum atomic E-state index is 13.1. The van der Waals surface area contributed by atoms with Crippen molar-refractivity contribution in [3.63, 3.8) is 0 Å². The van der Waals surface area contributed by atoms with Gasteiger partial charge in [0.1, 0.15) is 11.3 Å². The first-order chi connectivity index (χ1) is 15.5. The number of nitro groups is 1. The summed E-state index contributed by atoms with van der Waals surface area (Å²) >= 11 is 0. The molecule has 0 saturated heterocycles. The Hall–Kier alpha value is -3.67. The van der Waals surface area contributed by atoms with Gasteiger partial charge in [0.15, 0.2) is 0 Å². The summed E-state index contributed by atoms with van der Waals surface area (Å²) in [7, 11) is 0. The number of ether oxygens (including phenoxy) is 1. The van der Waals surface area contributed by atoms with Gasteiger partial charge in [-0.25, -0.2) is 4.79 Å². The van der Waals surface area contributed by atoms with Crippen LogP contribution < -0.4 is 5.32 Å². The number of hydrogen-bond acceptors (Lipinski definition) is 4. The highest BCUT2D eigenvalue weighted by molar-refractivity contribution is 5.88. The van der Waals surface area contributed by atoms with Crippen LogP contribution in [0.5, 0.6) is 0 Å². The summed E-state index contributed by atoms with van der Waals surface area (Å²) in [5.41, 5.74) is 0.967. The molecule has 0 aliphatic carbocycles. The van der Waals surface area contributed by atoms with Gasteiger partial charge in [0, 0.05) is 12.0 Å². The van der Waals surface area contributed by atoms with Crippen LogP contribution in [0.2, 0.25) is 0 Å². The van der Waals surface area contributed by atoms with Crippen molar-refractivity contribution < 1.29 is 14.5 Å². The van der Waals surface area contributed by atoms with Gasteiger partial charge in [-0.05, 0) is 30.0 Å². The lowest BCUT2D eigenvalue weighted by molar-refractivity contribution is -0.383. The first-order valence-corrected chi connectivity index (χ1v) is 10.9. The van der Waals surface area contributed by atoms with E-state index in [1.807, 2.05) is 60.7 Å². The number of para-hydroxylation sites is 2. The van der Waals surface area contributed by atoms with Gasteiger partial charge in [0.05, 0.1) is 4.92 Å². The molecule has 3 rings (SSSR count). The van der Waals surface area contributed by atoms with Crippen molar-refractivity contribution in [1.82, 2.24) is 0 Å². The van der Waals surface area contributed by atoms with Crippen molar-refractivity contribution >= 4 is 17.5 Å². The molecule has 32 heavy (non-hydrogen) atoms. The zero-order valence-corrected chi connectivity index (χ0v) is 18.4. The predicted octanol–water partition coefficient (Wildman–Crippen LogP) is 7.03. The van der Waals surface area contributed by atoms with Crippen molar-refractivity contribution in [1.29, 1.82) is 0 Å². The molecule has 0 unspecified atom stereocenters. The van der Waals surface area contributed by atoms with E-state index in [0.29, 0.717) is 6.42 Å². The molecule has 0 saturated carbocycles. The average Bonchev–Trinajstić information content (AvgIpc) is 2.81. The maximum absolute atomic E-state index is 13.1. The number of hydrogen-bond donors (Lipinski definition) is 1. The van der Waals surface area contributed by atoms with E-state index >= 15 is 0 Å². The molecule has 0 spiro atoms. The van der Waals surface area contributed by atoms with E-state index in [1.165, 1.54) is 12.1 Å². The smallest absolute Gasteiger partial charge is 0.412 e. The Morgan fingerprint density at radius 2 is 1.56 bits per heavy atom. The summed E-state index contributed by atoms with van der Waals surface area (Å²) in [5.74, 6) is -0.0949. The monoisotopic (exact) mass is 432 g/mol.